The van der Waals surface area contributed by atoms with E-state index in [1.165, 1.54) is 7.11 Å². The SMILES string of the molecule is COc1ccc(NC(=O)CSc2nnc(-c3ccc4c(c3)OCCO4)o2)c(OC)c1. The van der Waals surface area contributed by atoms with Crippen LogP contribution in [0.25, 0.3) is 11.5 Å². The number of carbonyl (C=O) groups excluding carboxylic acids is 1. The van der Waals surface area contributed by atoms with Gasteiger partial charge in [-0.05, 0) is 30.3 Å². The highest BCUT2D eigenvalue weighted by Crippen LogP contribution is 2.35. The number of carbonyl (C=O) groups is 1. The number of anilines is 1. The number of aromatic nitrogens is 2. The van der Waals surface area contributed by atoms with Crippen LogP contribution in [-0.4, -0.2) is 49.3 Å². The number of rotatable bonds is 7. The van der Waals surface area contributed by atoms with Gasteiger partial charge in [-0.15, -0.1) is 10.2 Å². The van der Waals surface area contributed by atoms with Crippen LogP contribution in [0.1, 0.15) is 0 Å². The first kappa shape index (κ1) is 19.9. The summed E-state index contributed by atoms with van der Waals surface area (Å²) in [6, 6.07) is 10.6. The minimum Gasteiger partial charge on any atom is -0.497 e. The summed E-state index contributed by atoms with van der Waals surface area (Å²) in [5.41, 5.74) is 1.26. The average molecular weight is 429 g/mol. The second kappa shape index (κ2) is 8.95. The van der Waals surface area contributed by atoms with E-state index in [1.54, 1.807) is 37.4 Å². The molecule has 30 heavy (non-hydrogen) atoms. The minimum absolute atomic E-state index is 0.0952. The fourth-order valence-electron chi connectivity index (χ4n) is 2.78. The monoisotopic (exact) mass is 429 g/mol. The van der Waals surface area contributed by atoms with Crippen LogP contribution >= 0.6 is 11.8 Å². The lowest BCUT2D eigenvalue weighted by atomic mass is 10.2. The Labute approximate surface area is 176 Å². The number of fused-ring (bicyclic) bond motifs is 1. The van der Waals surface area contributed by atoms with Crippen LogP contribution in [0, 0.1) is 0 Å². The van der Waals surface area contributed by atoms with Crippen LogP contribution in [0.4, 0.5) is 5.69 Å². The van der Waals surface area contributed by atoms with Crippen molar-refractivity contribution >= 4 is 23.4 Å². The predicted octanol–water partition coefficient (Wildman–Crippen LogP) is 3.26. The highest BCUT2D eigenvalue weighted by atomic mass is 32.2. The molecular formula is C20H19N3O6S. The van der Waals surface area contributed by atoms with E-state index in [9.17, 15) is 4.79 Å². The zero-order valence-electron chi connectivity index (χ0n) is 16.3. The summed E-state index contributed by atoms with van der Waals surface area (Å²) < 4.78 is 27.2. The molecule has 0 saturated heterocycles. The summed E-state index contributed by atoms with van der Waals surface area (Å²) in [6.07, 6.45) is 0. The normalized spacial score (nSPS) is 12.3. The lowest BCUT2D eigenvalue weighted by molar-refractivity contribution is -0.113. The van der Waals surface area contributed by atoms with Gasteiger partial charge in [-0.25, -0.2) is 0 Å². The molecule has 0 saturated carbocycles. The second-order valence-electron chi connectivity index (χ2n) is 6.13. The lowest BCUT2D eigenvalue weighted by Crippen LogP contribution is -2.15. The molecule has 3 aromatic rings. The molecule has 1 amide bonds. The third-order valence-electron chi connectivity index (χ3n) is 4.21. The van der Waals surface area contributed by atoms with E-state index in [1.807, 2.05) is 6.07 Å². The van der Waals surface area contributed by atoms with Gasteiger partial charge in [-0.3, -0.25) is 4.79 Å². The fourth-order valence-corrected chi connectivity index (χ4v) is 3.34. The van der Waals surface area contributed by atoms with Gasteiger partial charge in [0.1, 0.15) is 24.7 Å². The molecule has 0 aliphatic carbocycles. The summed E-state index contributed by atoms with van der Waals surface area (Å²) in [5, 5.41) is 11.1. The van der Waals surface area contributed by atoms with E-state index in [0.29, 0.717) is 53.4 Å². The van der Waals surface area contributed by atoms with Gasteiger partial charge in [0.25, 0.3) is 5.22 Å². The van der Waals surface area contributed by atoms with Gasteiger partial charge in [-0.1, -0.05) is 11.8 Å². The first-order valence-electron chi connectivity index (χ1n) is 9.04. The smallest absolute Gasteiger partial charge is 0.277 e. The van der Waals surface area contributed by atoms with E-state index >= 15 is 0 Å². The Morgan fingerprint density at radius 2 is 1.90 bits per heavy atom. The van der Waals surface area contributed by atoms with Crippen molar-refractivity contribution in [1.82, 2.24) is 10.2 Å². The Morgan fingerprint density at radius 3 is 2.70 bits per heavy atom. The molecule has 9 nitrogen and oxygen atoms in total. The molecule has 0 bridgehead atoms. The molecule has 0 atom stereocenters. The molecular weight excluding hydrogens is 410 g/mol. The first-order valence-corrected chi connectivity index (χ1v) is 10.0. The van der Waals surface area contributed by atoms with Crippen molar-refractivity contribution in [2.24, 2.45) is 0 Å². The molecule has 1 aromatic heterocycles. The van der Waals surface area contributed by atoms with E-state index in [4.69, 9.17) is 23.4 Å². The van der Waals surface area contributed by atoms with Crippen LogP contribution in [0.5, 0.6) is 23.0 Å². The molecule has 0 fully saturated rings. The van der Waals surface area contributed by atoms with Crippen LogP contribution in [0.3, 0.4) is 0 Å². The van der Waals surface area contributed by atoms with Crippen LogP contribution in [0.2, 0.25) is 0 Å². The molecule has 2 aromatic carbocycles. The average Bonchev–Trinajstić information content (AvgIpc) is 3.27. The van der Waals surface area contributed by atoms with Crippen molar-refractivity contribution < 1.29 is 28.2 Å². The predicted molar refractivity (Wildman–Crippen MR) is 110 cm³/mol. The number of methoxy groups -OCH3 is 2. The van der Waals surface area contributed by atoms with Crippen molar-refractivity contribution in [3.05, 3.63) is 36.4 Å². The Bertz CT molecular complexity index is 1050. The number of nitrogens with one attached hydrogen (secondary N) is 1. The van der Waals surface area contributed by atoms with Gasteiger partial charge < -0.3 is 28.7 Å². The number of hydrogen-bond acceptors (Lipinski definition) is 9. The largest absolute Gasteiger partial charge is 0.497 e. The molecule has 2 heterocycles. The Hall–Kier alpha value is -3.40. The van der Waals surface area contributed by atoms with Gasteiger partial charge >= 0.3 is 0 Å². The Morgan fingerprint density at radius 1 is 1.07 bits per heavy atom. The van der Waals surface area contributed by atoms with Crippen LogP contribution in [-0.2, 0) is 4.79 Å². The quantitative estimate of drug-likeness (QED) is 0.567. The lowest BCUT2D eigenvalue weighted by Gasteiger charge is -2.18. The Kier molecular flexibility index (Phi) is 5.94. The summed E-state index contributed by atoms with van der Waals surface area (Å²) >= 11 is 1.14. The summed E-state index contributed by atoms with van der Waals surface area (Å²) in [5.74, 6) is 2.67. The number of thioether (sulfide) groups is 1. The molecule has 0 spiro atoms. The third kappa shape index (κ3) is 4.43. The van der Waals surface area contributed by atoms with Crippen molar-refractivity contribution in [3.63, 3.8) is 0 Å². The number of hydrogen-bond donors (Lipinski definition) is 1. The van der Waals surface area contributed by atoms with E-state index in [0.717, 1.165) is 11.8 Å². The zero-order chi connectivity index (χ0) is 20.9. The van der Waals surface area contributed by atoms with Gasteiger partial charge in [0.2, 0.25) is 11.8 Å². The molecule has 156 valence electrons. The van der Waals surface area contributed by atoms with E-state index in [2.05, 4.69) is 15.5 Å². The second-order valence-corrected chi connectivity index (χ2v) is 7.06. The summed E-state index contributed by atoms with van der Waals surface area (Å²) in [6.45, 7) is 1.02. The van der Waals surface area contributed by atoms with Gasteiger partial charge in [0.15, 0.2) is 11.5 Å². The highest BCUT2D eigenvalue weighted by Gasteiger charge is 2.17. The Balaban J connectivity index is 1.37. The number of benzene rings is 2. The van der Waals surface area contributed by atoms with Crippen LogP contribution < -0.4 is 24.3 Å². The number of amides is 1. The van der Waals surface area contributed by atoms with E-state index < -0.39 is 0 Å². The maximum atomic E-state index is 12.3. The zero-order valence-corrected chi connectivity index (χ0v) is 17.2. The molecule has 4 rings (SSSR count). The topological polar surface area (TPSA) is 105 Å². The third-order valence-corrected chi connectivity index (χ3v) is 5.02. The molecule has 1 N–H and O–H groups in total. The van der Waals surface area contributed by atoms with Gasteiger partial charge in [0, 0.05) is 11.6 Å². The molecule has 1 aliphatic heterocycles. The van der Waals surface area contributed by atoms with Crippen molar-refractivity contribution in [1.29, 1.82) is 0 Å². The summed E-state index contributed by atoms with van der Waals surface area (Å²) in [4.78, 5) is 12.3. The fraction of sp³-hybridized carbons (Fsp3) is 0.250. The van der Waals surface area contributed by atoms with Gasteiger partial charge in [-0.2, -0.15) is 0 Å². The maximum absolute atomic E-state index is 12.3. The van der Waals surface area contributed by atoms with Crippen molar-refractivity contribution in [2.75, 3.05) is 38.5 Å². The molecule has 10 heteroatoms. The highest BCUT2D eigenvalue weighted by molar-refractivity contribution is 7.99. The first-order chi connectivity index (χ1) is 14.7. The standard InChI is InChI=1S/C20H19N3O6S/c1-25-13-4-5-14(16(10-13)26-2)21-18(24)11-30-20-23-22-19(29-20)12-3-6-15-17(9-12)28-8-7-27-15/h3-6,9-10H,7-8,11H2,1-2H3,(H,21,24). The molecule has 0 unspecified atom stereocenters. The van der Waals surface area contributed by atoms with Crippen molar-refractivity contribution in [3.8, 4) is 34.5 Å². The number of nitrogens with zero attached hydrogens (tertiary/aromatic N) is 2. The minimum atomic E-state index is -0.234. The number of ether oxygens (including phenoxy) is 4. The van der Waals surface area contributed by atoms with Crippen LogP contribution in [0.15, 0.2) is 46.0 Å². The van der Waals surface area contributed by atoms with E-state index in [-0.39, 0.29) is 16.9 Å². The molecule has 0 radical (unpaired) electrons. The van der Waals surface area contributed by atoms with Crippen molar-refractivity contribution in [2.45, 2.75) is 5.22 Å². The summed E-state index contributed by atoms with van der Waals surface area (Å²) in [7, 11) is 3.09. The molecule has 1 aliphatic rings. The van der Waals surface area contributed by atoms with Gasteiger partial charge in [0.05, 0.1) is 25.7 Å². The maximum Gasteiger partial charge on any atom is 0.277 e.